The van der Waals surface area contributed by atoms with Crippen LogP contribution < -0.4 is 5.73 Å². The van der Waals surface area contributed by atoms with Gasteiger partial charge in [-0.25, -0.2) is 14.4 Å². The second-order valence-corrected chi connectivity index (χ2v) is 5.52. The summed E-state index contributed by atoms with van der Waals surface area (Å²) in [4.78, 5) is 9.63. The molecule has 5 heteroatoms. The Hall–Kier alpha value is -1.46. The average Bonchev–Trinajstić information content (AvgIpc) is 2.30. The smallest absolute Gasteiger partial charge is 0.192 e. The summed E-state index contributed by atoms with van der Waals surface area (Å²) >= 11 is 1.41. The number of hydrogen-bond acceptors (Lipinski definition) is 4. The van der Waals surface area contributed by atoms with Gasteiger partial charge in [0.25, 0.3) is 0 Å². The summed E-state index contributed by atoms with van der Waals surface area (Å²) in [6.45, 7) is 5.69. The maximum atomic E-state index is 13.3. The molecule has 1 aromatic carbocycles. The molecule has 0 saturated carbocycles. The molecule has 0 aliphatic rings. The van der Waals surface area contributed by atoms with Crippen LogP contribution in [0, 0.1) is 19.7 Å². The van der Waals surface area contributed by atoms with Crippen LogP contribution in [0.15, 0.2) is 34.3 Å². The summed E-state index contributed by atoms with van der Waals surface area (Å²) in [5.41, 5.74) is 8.48. The molecule has 2 rings (SSSR count). The zero-order valence-corrected chi connectivity index (χ0v) is 12.0. The number of halogens is 1. The number of aryl methyl sites for hydroxylation is 2. The Labute approximate surface area is 116 Å². The average molecular weight is 277 g/mol. The third-order valence-electron chi connectivity index (χ3n) is 2.63. The van der Waals surface area contributed by atoms with Gasteiger partial charge in [0.1, 0.15) is 5.82 Å². The largest absolute Gasteiger partial charge is 0.324 e. The maximum absolute atomic E-state index is 13.3. The molecule has 0 bridgehead atoms. The van der Waals surface area contributed by atoms with Crippen molar-refractivity contribution in [2.75, 3.05) is 0 Å². The zero-order chi connectivity index (χ0) is 14.0. The third kappa shape index (κ3) is 3.52. The van der Waals surface area contributed by atoms with Crippen molar-refractivity contribution in [1.82, 2.24) is 9.97 Å². The predicted octanol–water partition coefficient (Wildman–Crippen LogP) is 3.40. The van der Waals surface area contributed by atoms with Gasteiger partial charge in [0.2, 0.25) is 0 Å². The van der Waals surface area contributed by atoms with Crippen LogP contribution in [0.25, 0.3) is 0 Å². The van der Waals surface area contributed by atoms with Crippen LogP contribution in [0.4, 0.5) is 4.39 Å². The van der Waals surface area contributed by atoms with Gasteiger partial charge in [-0.2, -0.15) is 0 Å². The van der Waals surface area contributed by atoms with Gasteiger partial charge in [0, 0.05) is 22.3 Å². The molecule has 0 spiro atoms. The van der Waals surface area contributed by atoms with Gasteiger partial charge in [0.05, 0.1) is 0 Å². The van der Waals surface area contributed by atoms with E-state index in [9.17, 15) is 4.39 Å². The summed E-state index contributed by atoms with van der Waals surface area (Å²) in [6.07, 6.45) is 0. The van der Waals surface area contributed by atoms with Gasteiger partial charge >= 0.3 is 0 Å². The van der Waals surface area contributed by atoms with E-state index in [1.807, 2.05) is 26.8 Å². The Bertz CT molecular complexity index is 579. The highest BCUT2D eigenvalue weighted by atomic mass is 32.2. The van der Waals surface area contributed by atoms with E-state index in [1.165, 1.54) is 23.9 Å². The van der Waals surface area contributed by atoms with Crippen LogP contribution in [0.5, 0.6) is 0 Å². The molecule has 1 atom stereocenters. The molecule has 0 amide bonds. The summed E-state index contributed by atoms with van der Waals surface area (Å²) in [5, 5.41) is 0.658. The topological polar surface area (TPSA) is 51.8 Å². The fourth-order valence-corrected chi connectivity index (χ4v) is 2.88. The highest BCUT2D eigenvalue weighted by Gasteiger charge is 2.11. The lowest BCUT2D eigenvalue weighted by atomic mass is 10.1. The SMILES string of the molecule is Cc1cc(C)nc(Sc2ccc(F)cc2[C@@H](C)N)n1. The van der Waals surface area contributed by atoms with Crippen molar-refractivity contribution < 1.29 is 4.39 Å². The zero-order valence-electron chi connectivity index (χ0n) is 11.1. The molecule has 3 nitrogen and oxygen atoms in total. The molecule has 0 fully saturated rings. The second-order valence-electron chi connectivity index (χ2n) is 4.51. The molecular formula is C14H16FN3S. The Morgan fingerprint density at radius 1 is 1.16 bits per heavy atom. The summed E-state index contributed by atoms with van der Waals surface area (Å²) in [7, 11) is 0. The quantitative estimate of drug-likeness (QED) is 0.874. The number of nitrogens with zero attached hydrogens (tertiary/aromatic N) is 2. The Balaban J connectivity index is 2.37. The van der Waals surface area contributed by atoms with Gasteiger partial charge in [0.15, 0.2) is 5.16 Å². The predicted molar refractivity (Wildman–Crippen MR) is 74.6 cm³/mol. The molecule has 0 aliphatic heterocycles. The van der Waals surface area contributed by atoms with Gasteiger partial charge in [-0.15, -0.1) is 0 Å². The van der Waals surface area contributed by atoms with E-state index in [1.54, 1.807) is 6.07 Å². The first kappa shape index (κ1) is 14.0. The first-order valence-corrected chi connectivity index (χ1v) is 6.82. The number of hydrogen-bond donors (Lipinski definition) is 1. The monoisotopic (exact) mass is 277 g/mol. The van der Waals surface area contributed by atoms with Crippen LogP contribution in [0.3, 0.4) is 0 Å². The fraction of sp³-hybridized carbons (Fsp3) is 0.286. The van der Waals surface area contributed by atoms with Gasteiger partial charge in [-0.05, 0) is 62.4 Å². The molecular weight excluding hydrogens is 261 g/mol. The van der Waals surface area contributed by atoms with E-state index in [-0.39, 0.29) is 11.9 Å². The van der Waals surface area contributed by atoms with Crippen molar-refractivity contribution in [3.05, 3.63) is 47.0 Å². The molecule has 0 unspecified atom stereocenters. The van der Waals surface area contributed by atoms with Crippen molar-refractivity contribution in [3.8, 4) is 0 Å². The van der Waals surface area contributed by atoms with Gasteiger partial charge < -0.3 is 5.73 Å². The second kappa shape index (κ2) is 5.67. The summed E-state index contributed by atoms with van der Waals surface area (Å²) in [5.74, 6) is -0.280. The van der Waals surface area contributed by atoms with Gasteiger partial charge in [-0.3, -0.25) is 0 Å². The Kier molecular flexibility index (Phi) is 4.17. The minimum Gasteiger partial charge on any atom is -0.324 e. The summed E-state index contributed by atoms with van der Waals surface area (Å²) in [6, 6.07) is 6.30. The van der Waals surface area contributed by atoms with Crippen LogP contribution >= 0.6 is 11.8 Å². The fourth-order valence-electron chi connectivity index (χ4n) is 1.81. The third-order valence-corrected chi connectivity index (χ3v) is 3.58. The lowest BCUT2D eigenvalue weighted by molar-refractivity contribution is 0.619. The highest BCUT2D eigenvalue weighted by molar-refractivity contribution is 7.99. The molecule has 0 saturated heterocycles. The molecule has 1 aromatic heterocycles. The van der Waals surface area contributed by atoms with Crippen molar-refractivity contribution >= 4 is 11.8 Å². The van der Waals surface area contributed by atoms with E-state index in [0.29, 0.717) is 5.16 Å². The number of nitrogens with two attached hydrogens (primary N) is 1. The number of benzene rings is 1. The minimum absolute atomic E-state index is 0.232. The lowest BCUT2D eigenvalue weighted by Crippen LogP contribution is -2.07. The normalized spacial score (nSPS) is 12.5. The van der Waals surface area contributed by atoms with E-state index in [4.69, 9.17) is 5.73 Å². The van der Waals surface area contributed by atoms with Gasteiger partial charge in [-0.1, -0.05) is 0 Å². The van der Waals surface area contributed by atoms with Crippen LogP contribution in [-0.2, 0) is 0 Å². The van der Waals surface area contributed by atoms with Crippen molar-refractivity contribution in [3.63, 3.8) is 0 Å². The van der Waals surface area contributed by atoms with E-state index >= 15 is 0 Å². The van der Waals surface area contributed by atoms with Crippen molar-refractivity contribution in [2.45, 2.75) is 36.9 Å². The Morgan fingerprint density at radius 2 is 1.79 bits per heavy atom. The standard InChI is InChI=1S/C14H16FN3S/c1-8-6-9(2)18-14(17-8)19-13-5-4-11(15)7-12(13)10(3)16/h4-7,10H,16H2,1-3H3/t10-/m1/s1. The molecule has 1 heterocycles. The van der Waals surface area contributed by atoms with Crippen LogP contribution in [-0.4, -0.2) is 9.97 Å². The number of rotatable bonds is 3. The first-order valence-electron chi connectivity index (χ1n) is 6.01. The molecule has 0 radical (unpaired) electrons. The number of aromatic nitrogens is 2. The van der Waals surface area contributed by atoms with E-state index < -0.39 is 0 Å². The molecule has 2 aromatic rings. The van der Waals surface area contributed by atoms with E-state index in [2.05, 4.69) is 9.97 Å². The van der Waals surface area contributed by atoms with E-state index in [0.717, 1.165) is 21.8 Å². The maximum Gasteiger partial charge on any atom is 0.192 e. The van der Waals surface area contributed by atoms with Crippen LogP contribution in [0.1, 0.15) is 29.9 Å². The Morgan fingerprint density at radius 3 is 2.37 bits per heavy atom. The molecule has 19 heavy (non-hydrogen) atoms. The molecule has 100 valence electrons. The minimum atomic E-state index is -0.280. The molecule has 0 aliphatic carbocycles. The van der Waals surface area contributed by atoms with Crippen LogP contribution in [0.2, 0.25) is 0 Å². The highest BCUT2D eigenvalue weighted by Crippen LogP contribution is 2.31. The molecule has 2 N–H and O–H groups in total. The summed E-state index contributed by atoms with van der Waals surface area (Å²) < 4.78 is 13.3. The van der Waals surface area contributed by atoms with Crippen molar-refractivity contribution in [1.29, 1.82) is 0 Å². The van der Waals surface area contributed by atoms with Crippen molar-refractivity contribution in [2.24, 2.45) is 5.73 Å². The lowest BCUT2D eigenvalue weighted by Gasteiger charge is -2.12. The first-order chi connectivity index (χ1) is 8.95.